The minimum absolute atomic E-state index is 0.201. The minimum Gasteiger partial charge on any atom is -0.364 e. The van der Waals surface area contributed by atoms with E-state index in [9.17, 15) is 18.4 Å². The molecule has 1 N–H and O–H groups in total. The summed E-state index contributed by atoms with van der Waals surface area (Å²) in [7, 11) is 0. The largest absolute Gasteiger partial charge is 0.364 e. The maximum Gasteiger partial charge on any atom is 0.274 e. The minimum atomic E-state index is -1.19. The number of amides is 1. The van der Waals surface area contributed by atoms with Crippen LogP contribution >= 0.6 is 0 Å². The first-order valence-corrected chi connectivity index (χ1v) is 9.91. The van der Waals surface area contributed by atoms with Gasteiger partial charge in [0.2, 0.25) is 0 Å². The number of nitrogens with one attached hydrogen (secondary N) is 1. The van der Waals surface area contributed by atoms with Crippen LogP contribution < -0.4 is 10.9 Å². The number of fused-ring (bicyclic) bond motifs is 2. The second kappa shape index (κ2) is 7.31. The van der Waals surface area contributed by atoms with Gasteiger partial charge in [0.1, 0.15) is 17.5 Å². The Morgan fingerprint density at radius 1 is 1.03 bits per heavy atom. The zero-order chi connectivity index (χ0) is 21.6. The van der Waals surface area contributed by atoms with Crippen molar-refractivity contribution in [3.05, 3.63) is 106 Å². The van der Waals surface area contributed by atoms with Gasteiger partial charge in [0.25, 0.3) is 5.91 Å². The fraction of sp³-hybridized carbons (Fsp3) is 0.217. The second-order valence-corrected chi connectivity index (χ2v) is 7.68. The van der Waals surface area contributed by atoms with Gasteiger partial charge in [-0.25, -0.2) is 8.78 Å². The highest BCUT2D eigenvalue weighted by Gasteiger charge is 2.52. The summed E-state index contributed by atoms with van der Waals surface area (Å²) in [6.07, 6.45) is 1.09. The van der Waals surface area contributed by atoms with Gasteiger partial charge in [-0.1, -0.05) is 36.4 Å². The number of ether oxygens (including phenoxy) is 1. The summed E-state index contributed by atoms with van der Waals surface area (Å²) in [4.78, 5) is 26.6. The quantitative estimate of drug-likeness (QED) is 0.704. The highest BCUT2D eigenvalue weighted by molar-refractivity contribution is 5.94. The number of carbonyl (C=O) groups is 1. The maximum atomic E-state index is 14.3. The summed E-state index contributed by atoms with van der Waals surface area (Å²) in [5.74, 6) is -2.27. The van der Waals surface area contributed by atoms with Crippen LogP contribution in [0.3, 0.4) is 0 Å². The number of hydrogen-bond donors (Lipinski definition) is 1. The lowest BCUT2D eigenvalue weighted by Gasteiger charge is -2.52. The molecule has 31 heavy (non-hydrogen) atoms. The van der Waals surface area contributed by atoms with Crippen LogP contribution in [-0.2, 0) is 16.8 Å². The molecule has 1 aromatic heterocycles. The van der Waals surface area contributed by atoms with Crippen molar-refractivity contribution < 1.29 is 18.3 Å². The smallest absolute Gasteiger partial charge is 0.274 e. The maximum absolute atomic E-state index is 14.3. The zero-order valence-electron chi connectivity index (χ0n) is 16.4. The fourth-order valence-corrected chi connectivity index (χ4v) is 4.37. The van der Waals surface area contributed by atoms with Gasteiger partial charge in [0.05, 0.1) is 6.61 Å². The molecule has 2 aromatic carbocycles. The van der Waals surface area contributed by atoms with Gasteiger partial charge in [-0.3, -0.25) is 19.7 Å². The summed E-state index contributed by atoms with van der Waals surface area (Å²) < 4.78 is 35.7. The molecule has 2 atom stereocenters. The average molecular weight is 423 g/mol. The molecule has 158 valence electrons. The van der Waals surface area contributed by atoms with E-state index in [0.29, 0.717) is 18.5 Å². The van der Waals surface area contributed by atoms with Crippen LogP contribution in [0.25, 0.3) is 0 Å². The van der Waals surface area contributed by atoms with Gasteiger partial charge in [-0.2, -0.15) is 0 Å². The van der Waals surface area contributed by atoms with Gasteiger partial charge in [-0.15, -0.1) is 0 Å². The van der Waals surface area contributed by atoms with Gasteiger partial charge in [0, 0.05) is 31.3 Å². The summed E-state index contributed by atoms with van der Waals surface area (Å²) in [6.45, 7) is 0.493. The lowest BCUT2D eigenvalue weighted by atomic mass is 9.82. The average Bonchev–Trinajstić information content (AvgIpc) is 2.77. The first-order chi connectivity index (χ1) is 15.0. The third-order valence-corrected chi connectivity index (χ3v) is 5.83. The number of nitrogens with zero attached hydrogens (tertiary/aromatic N) is 2. The van der Waals surface area contributed by atoms with Crippen LogP contribution in [0, 0.1) is 11.6 Å². The first kappa shape index (κ1) is 19.4. The van der Waals surface area contributed by atoms with E-state index in [0.717, 1.165) is 17.7 Å². The van der Waals surface area contributed by atoms with E-state index in [1.54, 1.807) is 4.90 Å². The predicted molar refractivity (Wildman–Crippen MR) is 109 cm³/mol. The van der Waals surface area contributed by atoms with Crippen molar-refractivity contribution in [2.24, 2.45) is 0 Å². The van der Waals surface area contributed by atoms with Crippen LogP contribution in [0.5, 0.6) is 0 Å². The number of halogens is 2. The van der Waals surface area contributed by atoms with Crippen LogP contribution in [0.1, 0.15) is 21.6 Å². The molecule has 2 unspecified atom stereocenters. The number of aromatic nitrogens is 1. The van der Waals surface area contributed by atoms with Crippen molar-refractivity contribution in [3.63, 3.8) is 0 Å². The van der Waals surface area contributed by atoms with E-state index in [1.165, 1.54) is 29.1 Å². The van der Waals surface area contributed by atoms with Crippen molar-refractivity contribution in [2.45, 2.75) is 18.2 Å². The molecule has 3 heterocycles. The predicted octanol–water partition coefficient (Wildman–Crippen LogP) is 2.62. The molecule has 1 saturated heterocycles. The number of rotatable bonds is 3. The van der Waals surface area contributed by atoms with Crippen LogP contribution in [0.15, 0.2) is 71.7 Å². The summed E-state index contributed by atoms with van der Waals surface area (Å²) in [5.41, 5.74) is 3.31. The number of pyridine rings is 1. The molecule has 1 fully saturated rings. The highest BCUT2D eigenvalue weighted by atomic mass is 19.2. The molecule has 0 spiro atoms. The van der Waals surface area contributed by atoms with Gasteiger partial charge < -0.3 is 9.64 Å². The molecule has 0 bridgehead atoms. The van der Waals surface area contributed by atoms with Crippen LogP contribution in [-0.4, -0.2) is 34.8 Å². The molecule has 3 aromatic rings. The molecule has 0 radical (unpaired) electrons. The Morgan fingerprint density at radius 2 is 1.84 bits per heavy atom. The normalized spacial score (nSPS) is 22.5. The number of hydrogen-bond acceptors (Lipinski definition) is 4. The summed E-state index contributed by atoms with van der Waals surface area (Å²) >= 11 is 0. The fourth-order valence-electron chi connectivity index (χ4n) is 4.37. The Morgan fingerprint density at radius 3 is 2.61 bits per heavy atom. The van der Waals surface area contributed by atoms with Crippen LogP contribution in [0.2, 0.25) is 0 Å². The van der Waals surface area contributed by atoms with Gasteiger partial charge >= 0.3 is 0 Å². The number of carbonyl (C=O) groups excluding carboxylic acids is 1. The monoisotopic (exact) mass is 423 g/mol. The third kappa shape index (κ3) is 3.19. The molecule has 0 aliphatic carbocycles. The molecule has 6 nitrogen and oxygen atoms in total. The lowest BCUT2D eigenvalue weighted by molar-refractivity contribution is -0.140. The molecule has 5 rings (SSSR count). The Labute approximate surface area is 176 Å². The first-order valence-electron chi connectivity index (χ1n) is 9.91. The van der Waals surface area contributed by atoms with Gasteiger partial charge in [0.15, 0.2) is 17.1 Å². The Hall–Kier alpha value is -3.52. The van der Waals surface area contributed by atoms with E-state index in [2.05, 4.69) is 5.43 Å². The topological polar surface area (TPSA) is 63.6 Å². The van der Waals surface area contributed by atoms with Crippen molar-refractivity contribution >= 4 is 5.91 Å². The summed E-state index contributed by atoms with van der Waals surface area (Å²) in [5, 5.41) is 0. The number of benzene rings is 2. The van der Waals surface area contributed by atoms with Crippen molar-refractivity contribution in [2.75, 3.05) is 18.6 Å². The molecule has 2 aliphatic heterocycles. The number of morpholine rings is 1. The molecular formula is C23H19F2N3O3. The highest BCUT2D eigenvalue weighted by Crippen LogP contribution is 2.40. The zero-order valence-corrected chi connectivity index (χ0v) is 16.4. The second-order valence-electron chi connectivity index (χ2n) is 7.68. The SMILES string of the molecule is O=C1c2cc(=O)ccn2NC2N1CCOC2(Cc1ccccc1)c1ccc(F)c(F)c1. The lowest BCUT2D eigenvalue weighted by Crippen LogP contribution is -2.68. The van der Waals surface area contributed by atoms with E-state index >= 15 is 0 Å². The Bertz CT molecular complexity index is 1210. The van der Waals surface area contributed by atoms with E-state index in [-0.39, 0.29) is 23.6 Å². The van der Waals surface area contributed by atoms with Crippen molar-refractivity contribution in [1.29, 1.82) is 0 Å². The van der Waals surface area contributed by atoms with E-state index in [4.69, 9.17) is 4.74 Å². The molecule has 1 amide bonds. The van der Waals surface area contributed by atoms with Crippen molar-refractivity contribution in [3.8, 4) is 0 Å². The Balaban J connectivity index is 1.68. The third-order valence-electron chi connectivity index (χ3n) is 5.83. The van der Waals surface area contributed by atoms with E-state index in [1.807, 2.05) is 30.3 Å². The molecule has 0 saturated carbocycles. The molecule has 8 heteroatoms. The molecular weight excluding hydrogens is 404 g/mol. The Kier molecular flexibility index (Phi) is 4.59. The van der Waals surface area contributed by atoms with Crippen LogP contribution in [0.4, 0.5) is 8.78 Å². The van der Waals surface area contributed by atoms with E-state index < -0.39 is 23.4 Å². The summed E-state index contributed by atoms with van der Waals surface area (Å²) in [6, 6.07) is 15.8. The van der Waals surface area contributed by atoms with Gasteiger partial charge in [-0.05, 0) is 23.3 Å². The standard InChI is InChI=1S/C23H19F2N3O3/c24-18-7-6-16(12-19(18)25)23(14-15-4-2-1-3-5-15)22-26-28-9-8-17(29)13-20(28)21(30)27(22)10-11-31-23/h1-9,12-13,22,26H,10-11,14H2. The van der Waals surface area contributed by atoms with Crippen molar-refractivity contribution in [1.82, 2.24) is 9.58 Å². The molecule has 2 aliphatic rings.